The van der Waals surface area contributed by atoms with Gasteiger partial charge in [0.05, 0.1) is 22.9 Å². The predicted molar refractivity (Wildman–Crippen MR) is 63.6 cm³/mol. The van der Waals surface area contributed by atoms with Crippen LogP contribution in [0.1, 0.15) is 18.9 Å². The molecule has 1 saturated heterocycles. The summed E-state index contributed by atoms with van der Waals surface area (Å²) in [6, 6.07) is 6.45. The largest absolute Gasteiger partial charge is 0.378 e. The summed E-state index contributed by atoms with van der Waals surface area (Å²) in [5, 5.41) is 4.22. The van der Waals surface area contributed by atoms with Crippen LogP contribution in [0.4, 0.5) is 5.69 Å². The maximum Gasteiger partial charge on any atom is 0.0748 e. The Morgan fingerprint density at radius 3 is 2.87 bits per heavy atom. The van der Waals surface area contributed by atoms with E-state index in [1.807, 2.05) is 19.1 Å². The van der Waals surface area contributed by atoms with Crippen molar-refractivity contribution in [1.29, 1.82) is 0 Å². The van der Waals surface area contributed by atoms with E-state index in [4.69, 9.17) is 16.3 Å². The molecular weight excluding hydrogens is 210 g/mol. The standard InChI is InChI=1S/C12H16ClNO/c1-8-3-4-12(10(13)7-8)14-11-5-6-15-9(11)2/h3-4,7,9,11,14H,5-6H2,1-2H3/t9-,11-/m0/s1. The highest BCUT2D eigenvalue weighted by atomic mass is 35.5. The second-order valence-corrected chi connectivity index (χ2v) is 4.51. The molecule has 0 spiro atoms. The monoisotopic (exact) mass is 225 g/mol. The Morgan fingerprint density at radius 1 is 1.47 bits per heavy atom. The van der Waals surface area contributed by atoms with Gasteiger partial charge in [0.25, 0.3) is 0 Å². The minimum absolute atomic E-state index is 0.266. The zero-order chi connectivity index (χ0) is 10.8. The molecular formula is C12H16ClNO. The van der Waals surface area contributed by atoms with E-state index in [9.17, 15) is 0 Å². The van der Waals surface area contributed by atoms with Crippen molar-refractivity contribution < 1.29 is 4.74 Å². The molecule has 15 heavy (non-hydrogen) atoms. The lowest BCUT2D eigenvalue weighted by molar-refractivity contribution is 0.121. The van der Waals surface area contributed by atoms with Gasteiger partial charge in [0.2, 0.25) is 0 Å². The zero-order valence-corrected chi connectivity index (χ0v) is 9.84. The highest BCUT2D eigenvalue weighted by Crippen LogP contribution is 2.26. The number of benzene rings is 1. The van der Waals surface area contributed by atoms with Crippen molar-refractivity contribution in [3.05, 3.63) is 28.8 Å². The molecule has 3 heteroatoms. The molecule has 2 nitrogen and oxygen atoms in total. The van der Waals surface area contributed by atoms with Gasteiger partial charge >= 0.3 is 0 Å². The molecule has 1 aromatic rings. The third kappa shape index (κ3) is 2.44. The number of anilines is 1. The van der Waals surface area contributed by atoms with Gasteiger partial charge in [0.1, 0.15) is 0 Å². The average Bonchev–Trinajstić information content (AvgIpc) is 2.57. The van der Waals surface area contributed by atoms with Crippen LogP contribution in [-0.4, -0.2) is 18.8 Å². The molecule has 1 N–H and O–H groups in total. The van der Waals surface area contributed by atoms with Crippen LogP contribution in [0.2, 0.25) is 5.02 Å². The average molecular weight is 226 g/mol. The van der Waals surface area contributed by atoms with Crippen LogP contribution in [0.5, 0.6) is 0 Å². The van der Waals surface area contributed by atoms with E-state index in [2.05, 4.69) is 18.3 Å². The van der Waals surface area contributed by atoms with Crippen LogP contribution in [-0.2, 0) is 4.74 Å². The molecule has 0 aliphatic carbocycles. The molecule has 0 radical (unpaired) electrons. The Hall–Kier alpha value is -0.730. The number of nitrogens with one attached hydrogen (secondary N) is 1. The van der Waals surface area contributed by atoms with E-state index in [0.717, 1.165) is 23.7 Å². The molecule has 1 aromatic carbocycles. The molecule has 1 heterocycles. The third-order valence-corrected chi connectivity index (χ3v) is 3.15. The summed E-state index contributed by atoms with van der Waals surface area (Å²) in [4.78, 5) is 0. The van der Waals surface area contributed by atoms with E-state index in [1.165, 1.54) is 5.56 Å². The van der Waals surface area contributed by atoms with E-state index in [1.54, 1.807) is 0 Å². The summed E-state index contributed by atoms with van der Waals surface area (Å²) in [5.74, 6) is 0. The Balaban J connectivity index is 2.10. The van der Waals surface area contributed by atoms with E-state index in [0.29, 0.717) is 6.04 Å². The second-order valence-electron chi connectivity index (χ2n) is 4.10. The maximum atomic E-state index is 6.15. The molecule has 1 fully saturated rings. The van der Waals surface area contributed by atoms with Gasteiger partial charge in [-0.1, -0.05) is 17.7 Å². The SMILES string of the molecule is Cc1ccc(N[C@H]2CCO[C@H]2C)c(Cl)c1. The molecule has 0 aromatic heterocycles. The number of ether oxygens (including phenoxy) is 1. The number of halogens is 1. The second kappa shape index (κ2) is 4.42. The molecule has 82 valence electrons. The van der Waals surface area contributed by atoms with Crippen LogP contribution in [0.3, 0.4) is 0 Å². The fourth-order valence-electron chi connectivity index (χ4n) is 1.86. The lowest BCUT2D eigenvalue weighted by Gasteiger charge is -2.18. The summed E-state index contributed by atoms with van der Waals surface area (Å²) in [6.45, 7) is 4.96. The van der Waals surface area contributed by atoms with Crippen molar-refractivity contribution in [3.8, 4) is 0 Å². The molecule has 2 atom stereocenters. The summed E-state index contributed by atoms with van der Waals surface area (Å²) >= 11 is 6.15. The quantitative estimate of drug-likeness (QED) is 0.835. The Labute approximate surface area is 95.6 Å². The third-order valence-electron chi connectivity index (χ3n) is 2.84. The first-order valence-corrected chi connectivity index (χ1v) is 5.69. The van der Waals surface area contributed by atoms with Crippen molar-refractivity contribution in [2.24, 2.45) is 0 Å². The smallest absolute Gasteiger partial charge is 0.0748 e. The maximum absolute atomic E-state index is 6.15. The topological polar surface area (TPSA) is 21.3 Å². The van der Waals surface area contributed by atoms with Crippen LogP contribution < -0.4 is 5.32 Å². The first-order chi connectivity index (χ1) is 7.16. The van der Waals surface area contributed by atoms with Crippen molar-refractivity contribution in [2.75, 3.05) is 11.9 Å². The zero-order valence-electron chi connectivity index (χ0n) is 9.09. The molecule has 0 bridgehead atoms. The van der Waals surface area contributed by atoms with Crippen LogP contribution >= 0.6 is 11.6 Å². The van der Waals surface area contributed by atoms with Gasteiger partial charge in [-0.2, -0.15) is 0 Å². The van der Waals surface area contributed by atoms with E-state index >= 15 is 0 Å². The van der Waals surface area contributed by atoms with Crippen molar-refractivity contribution in [3.63, 3.8) is 0 Å². The lowest BCUT2D eigenvalue weighted by Crippen LogP contribution is -2.26. The highest BCUT2D eigenvalue weighted by Gasteiger charge is 2.24. The lowest BCUT2D eigenvalue weighted by atomic mass is 10.1. The summed E-state index contributed by atoms with van der Waals surface area (Å²) in [6.07, 6.45) is 1.31. The van der Waals surface area contributed by atoms with Gasteiger partial charge in [-0.05, 0) is 38.0 Å². The van der Waals surface area contributed by atoms with Gasteiger partial charge in [0, 0.05) is 6.61 Å². The Morgan fingerprint density at radius 2 is 2.27 bits per heavy atom. The molecule has 0 amide bonds. The van der Waals surface area contributed by atoms with Gasteiger partial charge < -0.3 is 10.1 Å². The van der Waals surface area contributed by atoms with E-state index in [-0.39, 0.29) is 6.10 Å². The van der Waals surface area contributed by atoms with Crippen LogP contribution in [0.25, 0.3) is 0 Å². The minimum atomic E-state index is 0.266. The summed E-state index contributed by atoms with van der Waals surface area (Å²) in [7, 11) is 0. The van der Waals surface area contributed by atoms with Crippen LogP contribution in [0.15, 0.2) is 18.2 Å². The minimum Gasteiger partial charge on any atom is -0.378 e. The van der Waals surface area contributed by atoms with Gasteiger partial charge in [0.15, 0.2) is 0 Å². The van der Waals surface area contributed by atoms with Crippen molar-refractivity contribution >= 4 is 17.3 Å². The number of hydrogen-bond donors (Lipinski definition) is 1. The number of aryl methyl sites for hydroxylation is 1. The molecule has 0 saturated carbocycles. The van der Waals surface area contributed by atoms with Gasteiger partial charge in [-0.25, -0.2) is 0 Å². The Kier molecular flexibility index (Phi) is 3.17. The highest BCUT2D eigenvalue weighted by molar-refractivity contribution is 6.33. The number of rotatable bonds is 2. The molecule has 1 aliphatic rings. The van der Waals surface area contributed by atoms with Crippen molar-refractivity contribution in [2.45, 2.75) is 32.4 Å². The summed E-state index contributed by atoms with van der Waals surface area (Å²) < 4.78 is 5.50. The first-order valence-electron chi connectivity index (χ1n) is 5.31. The van der Waals surface area contributed by atoms with Crippen molar-refractivity contribution in [1.82, 2.24) is 0 Å². The van der Waals surface area contributed by atoms with Gasteiger partial charge in [-0.15, -0.1) is 0 Å². The Bertz CT molecular complexity index is 353. The molecule has 2 rings (SSSR count). The van der Waals surface area contributed by atoms with Gasteiger partial charge in [-0.3, -0.25) is 0 Å². The fraction of sp³-hybridized carbons (Fsp3) is 0.500. The molecule has 0 unspecified atom stereocenters. The molecule has 1 aliphatic heterocycles. The normalized spacial score (nSPS) is 25.5. The number of hydrogen-bond acceptors (Lipinski definition) is 2. The van der Waals surface area contributed by atoms with Crippen LogP contribution in [0, 0.1) is 6.92 Å². The predicted octanol–water partition coefficient (Wildman–Crippen LogP) is 3.24. The van der Waals surface area contributed by atoms with E-state index < -0.39 is 0 Å². The first kappa shape index (κ1) is 10.8. The fourth-order valence-corrected chi connectivity index (χ4v) is 2.15. The summed E-state index contributed by atoms with van der Waals surface area (Å²) in [5.41, 5.74) is 2.19.